The molecule has 0 bridgehead atoms. The van der Waals surface area contributed by atoms with Crippen LogP contribution in [0.3, 0.4) is 0 Å². The summed E-state index contributed by atoms with van der Waals surface area (Å²) in [5.41, 5.74) is -3.71. The van der Waals surface area contributed by atoms with Crippen LogP contribution in [0.15, 0.2) is 29.2 Å². The molecule has 2 amide bonds. The Balaban J connectivity index is 1.99. The number of amides is 2. The van der Waals surface area contributed by atoms with E-state index in [9.17, 15) is 53.2 Å². The van der Waals surface area contributed by atoms with Crippen molar-refractivity contribution in [1.82, 2.24) is 19.4 Å². The van der Waals surface area contributed by atoms with Crippen molar-refractivity contribution in [2.75, 3.05) is 40.3 Å². The Morgan fingerprint density at radius 2 is 1.69 bits per heavy atom. The Morgan fingerprint density at radius 3 is 2.26 bits per heavy atom. The number of hydrogen-bond donors (Lipinski definition) is 6. The molecule has 0 saturated carbocycles. The molecule has 1 aromatic rings. The SMILES string of the molecule is CC[C@H]1OC(=O)[C@H](C)[C@@H](O)[C@@H](C)[C@@H](O[C@H]2O[C@@H](C)C[C@H](N(C)C)[C@@H]2O)[C@](C)(O)C[C@@H](C)CN(CCCN(CCC#N)C(=O)NS(=O)(=O)c2ccc(F)cc2)[C@H](C)[C@@H](O)[C@]1(C)O. The van der Waals surface area contributed by atoms with Gasteiger partial charge in [0.05, 0.1) is 47.2 Å². The van der Waals surface area contributed by atoms with Crippen LogP contribution in [0.2, 0.25) is 0 Å². The smallest absolute Gasteiger partial charge is 0.331 e. The van der Waals surface area contributed by atoms with Crippen molar-refractivity contribution >= 4 is 22.0 Å². The van der Waals surface area contributed by atoms with E-state index < -0.39 is 93.7 Å². The number of aliphatic hydroxyl groups is 5. The van der Waals surface area contributed by atoms with Gasteiger partial charge in [-0.25, -0.2) is 22.3 Å². The molecule has 14 atom stereocenters. The van der Waals surface area contributed by atoms with E-state index in [1.54, 1.807) is 27.7 Å². The second-order valence-corrected chi connectivity index (χ2v) is 19.5. The first kappa shape index (κ1) is 52.3. The monoisotopic (exact) mass is 887 g/mol. The van der Waals surface area contributed by atoms with Crippen LogP contribution in [0.4, 0.5) is 9.18 Å². The number of nitrogens with one attached hydrogen (secondary N) is 1. The highest BCUT2D eigenvalue weighted by Crippen LogP contribution is 2.37. The van der Waals surface area contributed by atoms with Crippen molar-refractivity contribution in [2.24, 2.45) is 17.8 Å². The number of carbonyl (C=O) groups is 2. The maximum absolute atomic E-state index is 13.7. The van der Waals surface area contributed by atoms with Gasteiger partial charge in [0.15, 0.2) is 6.29 Å². The Labute approximate surface area is 360 Å². The fourth-order valence-electron chi connectivity index (χ4n) is 8.72. The number of ether oxygens (including phenoxy) is 3. The third kappa shape index (κ3) is 13.5. The van der Waals surface area contributed by atoms with Crippen LogP contribution in [0.25, 0.3) is 0 Å². The van der Waals surface area contributed by atoms with Crippen LogP contribution in [0.1, 0.15) is 87.5 Å². The molecule has 0 aromatic heterocycles. The molecule has 2 aliphatic heterocycles. The molecule has 2 fully saturated rings. The molecular formula is C42H70FN5O12S. The van der Waals surface area contributed by atoms with Gasteiger partial charge in [0, 0.05) is 44.2 Å². The van der Waals surface area contributed by atoms with E-state index in [-0.39, 0.29) is 74.8 Å². The zero-order valence-electron chi connectivity index (χ0n) is 37.3. The van der Waals surface area contributed by atoms with Gasteiger partial charge >= 0.3 is 12.0 Å². The molecule has 19 heteroatoms. The van der Waals surface area contributed by atoms with E-state index in [0.29, 0.717) is 6.42 Å². The molecule has 0 radical (unpaired) electrons. The molecule has 61 heavy (non-hydrogen) atoms. The van der Waals surface area contributed by atoms with E-state index >= 15 is 0 Å². The molecule has 17 nitrogen and oxygen atoms in total. The summed E-state index contributed by atoms with van der Waals surface area (Å²) < 4.78 is 59.8. The van der Waals surface area contributed by atoms with Gasteiger partial charge in [0.1, 0.15) is 29.7 Å². The van der Waals surface area contributed by atoms with Crippen molar-refractivity contribution < 1.29 is 62.1 Å². The number of hydrogen-bond acceptors (Lipinski definition) is 15. The predicted octanol–water partition coefficient (Wildman–Crippen LogP) is 2.19. The van der Waals surface area contributed by atoms with Gasteiger partial charge in [-0.2, -0.15) is 5.26 Å². The lowest BCUT2D eigenvalue weighted by atomic mass is 9.78. The minimum atomic E-state index is -4.39. The lowest BCUT2D eigenvalue weighted by Crippen LogP contribution is -2.59. The topological polar surface area (TPSA) is 243 Å². The van der Waals surface area contributed by atoms with Crippen LogP contribution < -0.4 is 4.72 Å². The van der Waals surface area contributed by atoms with E-state index in [2.05, 4.69) is 0 Å². The summed E-state index contributed by atoms with van der Waals surface area (Å²) in [6, 6.07) is 3.71. The molecule has 0 spiro atoms. The van der Waals surface area contributed by atoms with Crippen LogP contribution >= 0.6 is 0 Å². The van der Waals surface area contributed by atoms with Crippen molar-refractivity contribution in [2.45, 2.75) is 159 Å². The van der Waals surface area contributed by atoms with Gasteiger partial charge in [0.2, 0.25) is 0 Å². The lowest BCUT2D eigenvalue weighted by Gasteiger charge is -2.46. The number of cyclic esters (lactones) is 1. The van der Waals surface area contributed by atoms with Gasteiger partial charge in [-0.3, -0.25) is 9.69 Å². The summed E-state index contributed by atoms with van der Waals surface area (Å²) in [6.45, 7) is 13.3. The number of urea groups is 1. The fraction of sp³-hybridized carbons (Fsp3) is 0.786. The highest BCUT2D eigenvalue weighted by Gasteiger charge is 2.50. The number of carbonyl (C=O) groups excluding carboxylic acids is 2. The third-order valence-electron chi connectivity index (χ3n) is 12.3. The van der Waals surface area contributed by atoms with E-state index in [0.717, 1.165) is 29.2 Å². The summed E-state index contributed by atoms with van der Waals surface area (Å²) >= 11 is 0. The molecule has 0 unspecified atom stereocenters. The Kier molecular flexibility index (Phi) is 18.9. The number of nitrogens with zero attached hydrogens (tertiary/aromatic N) is 4. The number of aliphatic hydroxyl groups excluding tert-OH is 3. The first-order valence-corrected chi connectivity index (χ1v) is 22.6. The summed E-state index contributed by atoms with van der Waals surface area (Å²) in [5, 5.41) is 68.5. The van der Waals surface area contributed by atoms with E-state index in [4.69, 9.17) is 14.2 Å². The van der Waals surface area contributed by atoms with Gasteiger partial charge in [-0.1, -0.05) is 20.8 Å². The molecule has 2 heterocycles. The number of esters is 1. The first-order valence-electron chi connectivity index (χ1n) is 21.1. The molecule has 0 aliphatic carbocycles. The van der Waals surface area contributed by atoms with Gasteiger partial charge in [0.25, 0.3) is 10.0 Å². The minimum absolute atomic E-state index is 0.0389. The fourth-order valence-corrected chi connectivity index (χ4v) is 9.69. The molecule has 6 N–H and O–H groups in total. The zero-order valence-corrected chi connectivity index (χ0v) is 38.1. The number of benzene rings is 1. The van der Waals surface area contributed by atoms with Crippen LogP contribution in [0, 0.1) is 34.9 Å². The number of likely N-dealkylation sites (N-methyl/N-ethyl adjacent to an activating group) is 1. The summed E-state index contributed by atoms with van der Waals surface area (Å²) in [7, 11) is -0.735. The number of rotatable bonds is 12. The van der Waals surface area contributed by atoms with Crippen LogP contribution in [-0.4, -0.2) is 167 Å². The van der Waals surface area contributed by atoms with Gasteiger partial charge in [-0.05, 0) is 105 Å². The molecule has 1 aromatic carbocycles. The Bertz CT molecular complexity index is 1730. The lowest BCUT2D eigenvalue weighted by molar-refractivity contribution is -0.299. The maximum Gasteiger partial charge on any atom is 0.331 e. The quantitative estimate of drug-likeness (QED) is 0.165. The largest absolute Gasteiger partial charge is 0.459 e. The average Bonchev–Trinajstić information content (AvgIpc) is 3.18. The molecule has 3 rings (SSSR count). The van der Waals surface area contributed by atoms with Crippen molar-refractivity contribution in [3.05, 3.63) is 30.1 Å². The van der Waals surface area contributed by atoms with Crippen molar-refractivity contribution in [1.29, 1.82) is 5.26 Å². The number of sulfonamides is 1. The van der Waals surface area contributed by atoms with E-state index in [1.807, 2.05) is 48.5 Å². The molecule has 348 valence electrons. The van der Waals surface area contributed by atoms with Crippen LogP contribution in [0.5, 0.6) is 0 Å². The highest BCUT2D eigenvalue weighted by molar-refractivity contribution is 7.90. The van der Waals surface area contributed by atoms with Gasteiger partial charge in [-0.15, -0.1) is 0 Å². The first-order chi connectivity index (χ1) is 28.3. The molecule has 2 saturated heterocycles. The van der Waals surface area contributed by atoms with E-state index in [1.165, 1.54) is 13.8 Å². The summed E-state index contributed by atoms with van der Waals surface area (Å²) in [5.74, 6) is -3.99. The summed E-state index contributed by atoms with van der Waals surface area (Å²) in [4.78, 5) is 31.6. The number of nitriles is 1. The maximum atomic E-state index is 13.7. The predicted molar refractivity (Wildman–Crippen MR) is 222 cm³/mol. The van der Waals surface area contributed by atoms with Gasteiger partial charge < -0.3 is 49.5 Å². The number of halogens is 1. The highest BCUT2D eigenvalue weighted by atomic mass is 32.2. The second kappa shape index (κ2) is 22.0. The average molecular weight is 888 g/mol. The second-order valence-electron chi connectivity index (χ2n) is 17.8. The Morgan fingerprint density at radius 1 is 1.07 bits per heavy atom. The normalized spacial score (nSPS) is 36.3. The molecular weight excluding hydrogens is 818 g/mol. The third-order valence-corrected chi connectivity index (χ3v) is 13.6. The summed E-state index contributed by atoms with van der Waals surface area (Å²) in [6.07, 6.45) is -7.24. The Hall–Kier alpha value is -3.03. The van der Waals surface area contributed by atoms with Crippen molar-refractivity contribution in [3.63, 3.8) is 0 Å². The van der Waals surface area contributed by atoms with Crippen LogP contribution in [-0.2, 0) is 29.0 Å². The van der Waals surface area contributed by atoms with Crippen molar-refractivity contribution in [3.8, 4) is 6.07 Å². The molecule has 2 aliphatic rings. The minimum Gasteiger partial charge on any atom is -0.459 e. The zero-order chi connectivity index (χ0) is 46.2. The standard InChI is InChI=1S/C42H70FN5O12S/c1-11-33-42(8,55)36(51)29(6)48(21-13-20-47(19-12-18-44)40(53)45-61(56,57)31-16-14-30(43)15-17-31)24-25(2)23-41(7,54)37(27(4)34(49)28(5)38(52)59-33)60-39-35(50)32(46(9)10)22-26(3)58-39/h14-17,25-29,32-37,39,49-51,54-55H,11-13,19-24H2,1-10H3,(H,45,53)/t25-,26+,27-,28-,29-,32+,33-,34+,35+,36-,37-,39-,41-,42-/m1/s1.